The lowest BCUT2D eigenvalue weighted by Gasteiger charge is -2.32. The van der Waals surface area contributed by atoms with E-state index in [0.717, 1.165) is 5.56 Å². The minimum atomic E-state index is -0.831. The molecule has 2 aromatic rings. The van der Waals surface area contributed by atoms with Crippen molar-refractivity contribution in [2.75, 3.05) is 13.1 Å². The number of amides is 2. The van der Waals surface area contributed by atoms with Crippen LogP contribution in [0.1, 0.15) is 34.9 Å². The van der Waals surface area contributed by atoms with Crippen LogP contribution in [0.25, 0.3) is 0 Å². The second kappa shape index (κ2) is 6.29. The lowest BCUT2D eigenvalue weighted by atomic mass is 10.1. The molecule has 1 spiro atoms. The van der Waals surface area contributed by atoms with E-state index in [4.69, 9.17) is 16.3 Å². The Morgan fingerprint density at radius 2 is 2.00 bits per heavy atom. The summed E-state index contributed by atoms with van der Waals surface area (Å²) < 4.78 is 20.6. The summed E-state index contributed by atoms with van der Waals surface area (Å²) in [4.78, 5) is 29.1. The molecule has 0 aliphatic carbocycles. The topological polar surface area (TPSA) is 49.9 Å². The van der Waals surface area contributed by atoms with Crippen molar-refractivity contribution in [1.29, 1.82) is 0 Å². The van der Waals surface area contributed by atoms with Gasteiger partial charge in [-0.3, -0.25) is 9.59 Å². The Hall–Kier alpha value is -2.44. The molecule has 3 heterocycles. The molecule has 3 aliphatic rings. The number of likely N-dealkylation sites (tertiary alicyclic amines) is 1. The second-order valence-corrected chi connectivity index (χ2v) is 7.90. The molecule has 7 heteroatoms. The second-order valence-electron chi connectivity index (χ2n) is 7.46. The van der Waals surface area contributed by atoms with Crippen LogP contribution in [0.3, 0.4) is 0 Å². The van der Waals surface area contributed by atoms with Crippen LogP contribution in [0, 0.1) is 5.82 Å². The molecule has 28 heavy (non-hydrogen) atoms. The summed E-state index contributed by atoms with van der Waals surface area (Å²) in [6.45, 7) is 0.869. The molecule has 0 saturated carbocycles. The molecule has 5 rings (SSSR count). The number of carbonyl (C=O) groups is 2. The Morgan fingerprint density at radius 1 is 1.21 bits per heavy atom. The summed E-state index contributed by atoms with van der Waals surface area (Å²) in [5.41, 5.74) is 0.0963. The van der Waals surface area contributed by atoms with Gasteiger partial charge in [-0.2, -0.15) is 0 Å². The highest BCUT2D eigenvalue weighted by atomic mass is 35.5. The number of rotatable bonds is 2. The molecule has 0 radical (unpaired) electrons. The molecule has 2 aromatic carbocycles. The summed E-state index contributed by atoms with van der Waals surface area (Å²) >= 11 is 5.95. The van der Waals surface area contributed by atoms with Crippen molar-refractivity contribution < 1.29 is 18.7 Å². The number of nitrogens with zero attached hydrogens (tertiary/aromatic N) is 2. The molecular weight excluding hydrogens is 383 g/mol. The van der Waals surface area contributed by atoms with Gasteiger partial charge >= 0.3 is 0 Å². The normalized spacial score (nSPS) is 28.6. The fourth-order valence-corrected chi connectivity index (χ4v) is 4.90. The zero-order chi connectivity index (χ0) is 19.5. The average Bonchev–Trinajstić information content (AvgIpc) is 3.32. The third-order valence-electron chi connectivity index (χ3n) is 6.02. The highest BCUT2D eigenvalue weighted by Crippen LogP contribution is 2.50. The van der Waals surface area contributed by atoms with Crippen LogP contribution in [0.15, 0.2) is 48.5 Å². The predicted molar refractivity (Wildman–Crippen MR) is 100 cm³/mol. The first kappa shape index (κ1) is 17.6. The molecule has 3 aliphatic heterocycles. The van der Waals surface area contributed by atoms with E-state index in [2.05, 4.69) is 0 Å². The molecule has 0 bridgehead atoms. The average molecular weight is 401 g/mol. The number of benzene rings is 2. The van der Waals surface area contributed by atoms with Gasteiger partial charge in [-0.05, 0) is 23.8 Å². The van der Waals surface area contributed by atoms with Crippen molar-refractivity contribution in [1.82, 2.24) is 9.80 Å². The fourth-order valence-electron chi connectivity index (χ4n) is 4.72. The Morgan fingerprint density at radius 3 is 2.79 bits per heavy atom. The first-order valence-electron chi connectivity index (χ1n) is 9.29. The van der Waals surface area contributed by atoms with Crippen molar-refractivity contribution in [2.24, 2.45) is 0 Å². The third-order valence-corrected chi connectivity index (χ3v) is 6.25. The largest absolute Gasteiger partial charge is 0.343 e. The van der Waals surface area contributed by atoms with Gasteiger partial charge in [-0.1, -0.05) is 41.9 Å². The monoisotopic (exact) mass is 400 g/mol. The van der Waals surface area contributed by atoms with E-state index in [-0.39, 0.29) is 24.0 Å². The molecule has 0 unspecified atom stereocenters. The smallest absolute Gasteiger partial charge is 0.257 e. The number of carbonyl (C=O) groups excluding carboxylic acids is 2. The summed E-state index contributed by atoms with van der Waals surface area (Å²) in [6.07, 6.45) is 0.474. The van der Waals surface area contributed by atoms with Gasteiger partial charge < -0.3 is 14.5 Å². The summed E-state index contributed by atoms with van der Waals surface area (Å²) in [7, 11) is 0. The molecule has 2 amide bonds. The van der Waals surface area contributed by atoms with Gasteiger partial charge in [-0.25, -0.2) is 4.39 Å². The van der Waals surface area contributed by atoms with Gasteiger partial charge in [0.05, 0.1) is 24.6 Å². The lowest BCUT2D eigenvalue weighted by molar-refractivity contribution is -0.138. The van der Waals surface area contributed by atoms with Crippen LogP contribution in [0.2, 0.25) is 5.02 Å². The molecule has 5 nitrogen and oxygen atoms in total. The molecule has 144 valence electrons. The fraction of sp³-hybridized carbons (Fsp3) is 0.333. The van der Waals surface area contributed by atoms with Crippen molar-refractivity contribution in [3.8, 4) is 0 Å². The van der Waals surface area contributed by atoms with E-state index in [9.17, 15) is 14.0 Å². The highest BCUT2D eigenvalue weighted by Gasteiger charge is 2.65. The first-order chi connectivity index (χ1) is 13.5. The lowest BCUT2D eigenvalue weighted by Crippen LogP contribution is -2.48. The standard InChI is InChI=1S/C21H18ClFN2O3/c22-14-6-7-16(23)15(10-14)20(27)24-9-8-21-18(24)11-19(26)25(21)12-17(28-21)13-4-2-1-3-5-13/h1-7,10,17-18H,8-9,11-12H2/t17-,18-,21+/m1/s1. The summed E-state index contributed by atoms with van der Waals surface area (Å²) in [6, 6.07) is 13.2. The number of hydrogen-bond acceptors (Lipinski definition) is 3. The van der Waals surface area contributed by atoms with Gasteiger partial charge in [0.2, 0.25) is 5.91 Å². The van der Waals surface area contributed by atoms with Gasteiger partial charge in [0.1, 0.15) is 11.9 Å². The molecule has 3 fully saturated rings. The molecule has 0 N–H and O–H groups in total. The Kier molecular flexibility index (Phi) is 3.96. The van der Waals surface area contributed by atoms with E-state index >= 15 is 0 Å². The van der Waals surface area contributed by atoms with Crippen LogP contribution in [-0.4, -0.2) is 46.5 Å². The van der Waals surface area contributed by atoms with E-state index in [0.29, 0.717) is 24.5 Å². The zero-order valence-corrected chi connectivity index (χ0v) is 15.7. The van der Waals surface area contributed by atoms with E-state index in [1.807, 2.05) is 30.3 Å². The molecule has 3 saturated heterocycles. The van der Waals surface area contributed by atoms with Gasteiger partial charge in [0.15, 0.2) is 5.72 Å². The number of ether oxygens (including phenoxy) is 1. The Balaban J connectivity index is 1.46. The zero-order valence-electron chi connectivity index (χ0n) is 15.0. The number of halogens is 2. The van der Waals surface area contributed by atoms with E-state index in [1.165, 1.54) is 18.2 Å². The maximum Gasteiger partial charge on any atom is 0.257 e. The Labute approximate surface area is 166 Å². The van der Waals surface area contributed by atoms with Crippen LogP contribution in [0.4, 0.5) is 4.39 Å². The predicted octanol–water partition coefficient (Wildman–Crippen LogP) is 3.39. The molecule has 3 atom stereocenters. The quantitative estimate of drug-likeness (QED) is 0.776. The number of hydrogen-bond donors (Lipinski definition) is 0. The van der Waals surface area contributed by atoms with Crippen LogP contribution >= 0.6 is 11.6 Å². The van der Waals surface area contributed by atoms with Crippen LogP contribution < -0.4 is 0 Å². The van der Waals surface area contributed by atoms with E-state index < -0.39 is 23.5 Å². The van der Waals surface area contributed by atoms with Crippen LogP contribution in [-0.2, 0) is 9.53 Å². The highest BCUT2D eigenvalue weighted by molar-refractivity contribution is 6.31. The van der Waals surface area contributed by atoms with Crippen LogP contribution in [0.5, 0.6) is 0 Å². The summed E-state index contributed by atoms with van der Waals surface area (Å²) in [5, 5.41) is 0.295. The van der Waals surface area contributed by atoms with E-state index in [1.54, 1.807) is 9.80 Å². The van der Waals surface area contributed by atoms with Crippen molar-refractivity contribution >= 4 is 23.4 Å². The van der Waals surface area contributed by atoms with Gasteiger partial charge in [0, 0.05) is 18.0 Å². The third kappa shape index (κ3) is 2.48. The van der Waals surface area contributed by atoms with Gasteiger partial charge in [-0.15, -0.1) is 0 Å². The minimum Gasteiger partial charge on any atom is -0.343 e. The maximum atomic E-state index is 14.2. The van der Waals surface area contributed by atoms with Gasteiger partial charge in [0.25, 0.3) is 5.91 Å². The van der Waals surface area contributed by atoms with Crippen molar-refractivity contribution in [3.63, 3.8) is 0 Å². The molecular formula is C21H18ClFN2O3. The SMILES string of the molecule is O=C(c1cc(Cl)ccc1F)N1CC[C@@]23O[C@@H](c4ccccc4)CN2C(=O)C[C@@H]13. The van der Waals surface area contributed by atoms with Crippen molar-refractivity contribution in [3.05, 3.63) is 70.5 Å². The maximum absolute atomic E-state index is 14.2. The summed E-state index contributed by atoms with van der Waals surface area (Å²) in [5.74, 6) is -1.11. The molecule has 0 aromatic heterocycles. The minimum absolute atomic E-state index is 0.0347. The Bertz CT molecular complexity index is 969. The first-order valence-corrected chi connectivity index (χ1v) is 9.67. The van der Waals surface area contributed by atoms with Crippen molar-refractivity contribution in [2.45, 2.75) is 30.7 Å².